The maximum Gasteiger partial charge on any atom is 0.328 e. The van der Waals surface area contributed by atoms with Crippen LogP contribution in [0.4, 0.5) is 5.69 Å². The molecule has 1 atom stereocenters. The van der Waals surface area contributed by atoms with Gasteiger partial charge in [-0.25, -0.2) is 4.68 Å². The van der Waals surface area contributed by atoms with E-state index in [1.807, 2.05) is 0 Å². The molecule has 0 aliphatic carbocycles. The number of halogens is 1. The van der Waals surface area contributed by atoms with Crippen molar-refractivity contribution in [2.24, 2.45) is 0 Å². The van der Waals surface area contributed by atoms with Crippen LogP contribution in [0, 0.1) is 0 Å². The van der Waals surface area contributed by atoms with Crippen LogP contribution in [-0.4, -0.2) is 27.8 Å². The minimum atomic E-state index is -1.08. The lowest BCUT2D eigenvalue weighted by molar-refractivity contribution is -0.154. The van der Waals surface area contributed by atoms with E-state index in [2.05, 4.69) is 26.3 Å². The molecule has 0 fully saturated rings. The fourth-order valence-corrected chi connectivity index (χ4v) is 2.82. The number of nitrogens with one attached hydrogen (secondary N) is 2. The minimum Gasteiger partial charge on any atom is -0.451 e. The van der Waals surface area contributed by atoms with E-state index in [0.717, 1.165) is 9.15 Å². The van der Waals surface area contributed by atoms with Gasteiger partial charge in [0.05, 0.1) is 10.8 Å². The highest BCUT2D eigenvalue weighted by molar-refractivity contribution is 9.10. The molecule has 28 heavy (non-hydrogen) atoms. The monoisotopic (exact) mass is 445 g/mol. The SMILES string of the molecule is C[C@H](OC(=O)Cn1[nH]c(=O)c2ccccc2c1=O)C(=O)Nc1ccc(Br)cc1. The maximum atomic E-state index is 12.4. The van der Waals surface area contributed by atoms with Gasteiger partial charge in [0, 0.05) is 10.2 Å². The zero-order chi connectivity index (χ0) is 20.3. The first-order valence-corrected chi connectivity index (χ1v) is 9.12. The molecular formula is C19H16BrN3O5. The molecule has 0 aliphatic rings. The normalized spacial score (nSPS) is 11.8. The molecule has 0 spiro atoms. The third-order valence-electron chi connectivity index (χ3n) is 3.96. The molecule has 0 saturated heterocycles. The number of aromatic nitrogens is 2. The lowest BCUT2D eigenvalue weighted by atomic mass is 10.2. The lowest BCUT2D eigenvalue weighted by Crippen LogP contribution is -2.35. The Labute approximate surface area is 167 Å². The zero-order valence-corrected chi connectivity index (χ0v) is 16.4. The molecule has 0 unspecified atom stereocenters. The van der Waals surface area contributed by atoms with Crippen LogP contribution >= 0.6 is 15.9 Å². The van der Waals surface area contributed by atoms with E-state index >= 15 is 0 Å². The van der Waals surface area contributed by atoms with E-state index in [1.54, 1.807) is 36.4 Å². The van der Waals surface area contributed by atoms with E-state index < -0.39 is 35.6 Å². The van der Waals surface area contributed by atoms with Crippen molar-refractivity contribution in [1.82, 2.24) is 9.78 Å². The molecule has 2 aromatic carbocycles. The fraction of sp³-hybridized carbons (Fsp3) is 0.158. The Bertz CT molecular complexity index is 1150. The molecule has 9 heteroatoms. The Morgan fingerprint density at radius 1 is 1.11 bits per heavy atom. The van der Waals surface area contributed by atoms with Crippen LogP contribution < -0.4 is 16.4 Å². The number of H-pyrrole nitrogens is 1. The first-order chi connectivity index (χ1) is 13.3. The van der Waals surface area contributed by atoms with Crippen molar-refractivity contribution in [1.29, 1.82) is 0 Å². The van der Waals surface area contributed by atoms with Gasteiger partial charge in [-0.1, -0.05) is 28.1 Å². The summed E-state index contributed by atoms with van der Waals surface area (Å²) in [6.07, 6.45) is -1.08. The third-order valence-corrected chi connectivity index (χ3v) is 4.49. The van der Waals surface area contributed by atoms with Crippen LogP contribution in [0.1, 0.15) is 6.92 Å². The van der Waals surface area contributed by atoms with Gasteiger partial charge >= 0.3 is 5.97 Å². The molecule has 144 valence electrons. The number of carbonyl (C=O) groups is 2. The maximum absolute atomic E-state index is 12.4. The van der Waals surface area contributed by atoms with Gasteiger partial charge < -0.3 is 10.1 Å². The number of hydrogen-bond acceptors (Lipinski definition) is 5. The van der Waals surface area contributed by atoms with Crippen LogP contribution in [-0.2, 0) is 20.9 Å². The van der Waals surface area contributed by atoms with Crippen LogP contribution in [0.3, 0.4) is 0 Å². The van der Waals surface area contributed by atoms with Crippen LogP contribution in [0.2, 0.25) is 0 Å². The van der Waals surface area contributed by atoms with Gasteiger partial charge in [0.1, 0.15) is 6.54 Å². The molecule has 0 bridgehead atoms. The highest BCUT2D eigenvalue weighted by atomic mass is 79.9. The molecular weight excluding hydrogens is 430 g/mol. The highest BCUT2D eigenvalue weighted by Gasteiger charge is 2.19. The van der Waals surface area contributed by atoms with E-state index in [1.165, 1.54) is 19.1 Å². The predicted molar refractivity (Wildman–Crippen MR) is 107 cm³/mol. The number of fused-ring (bicyclic) bond motifs is 1. The average molecular weight is 446 g/mol. The number of nitrogens with zero attached hydrogens (tertiary/aromatic N) is 1. The van der Waals surface area contributed by atoms with Gasteiger partial charge in [-0.3, -0.25) is 24.3 Å². The van der Waals surface area contributed by atoms with Gasteiger partial charge in [0.25, 0.3) is 17.0 Å². The van der Waals surface area contributed by atoms with E-state index in [9.17, 15) is 19.2 Å². The third kappa shape index (κ3) is 4.37. The number of esters is 1. The number of benzene rings is 2. The summed E-state index contributed by atoms with van der Waals surface area (Å²) >= 11 is 3.30. The summed E-state index contributed by atoms with van der Waals surface area (Å²) in [5.74, 6) is -1.35. The number of anilines is 1. The largest absolute Gasteiger partial charge is 0.451 e. The Morgan fingerprint density at radius 3 is 2.43 bits per heavy atom. The average Bonchev–Trinajstić information content (AvgIpc) is 2.67. The Balaban J connectivity index is 1.68. The summed E-state index contributed by atoms with van der Waals surface area (Å²) < 4.78 is 6.81. The quantitative estimate of drug-likeness (QED) is 0.583. The highest BCUT2D eigenvalue weighted by Crippen LogP contribution is 2.14. The van der Waals surface area contributed by atoms with Gasteiger partial charge in [0.2, 0.25) is 0 Å². The number of carbonyl (C=O) groups excluding carboxylic acids is 2. The van der Waals surface area contributed by atoms with Crippen LogP contribution in [0.5, 0.6) is 0 Å². The number of aromatic amines is 1. The zero-order valence-electron chi connectivity index (χ0n) is 14.8. The van der Waals surface area contributed by atoms with Crippen molar-refractivity contribution in [3.8, 4) is 0 Å². The van der Waals surface area contributed by atoms with E-state index in [0.29, 0.717) is 5.69 Å². The Hall–Kier alpha value is -3.20. The standard InChI is InChI=1S/C19H16BrN3O5/c1-11(17(25)21-13-8-6-12(20)7-9-13)28-16(24)10-23-19(27)15-5-3-2-4-14(15)18(26)22-23/h2-9,11H,10H2,1H3,(H,21,25)(H,22,26)/t11-/m0/s1. The molecule has 0 radical (unpaired) electrons. The second-order valence-corrected chi connectivity index (χ2v) is 6.92. The van der Waals surface area contributed by atoms with Crippen molar-refractivity contribution >= 4 is 44.3 Å². The molecule has 2 N–H and O–H groups in total. The molecule has 8 nitrogen and oxygen atoms in total. The fourth-order valence-electron chi connectivity index (χ4n) is 2.55. The second kappa shape index (κ2) is 8.22. The van der Waals surface area contributed by atoms with Gasteiger partial charge in [0.15, 0.2) is 6.10 Å². The summed E-state index contributed by atoms with van der Waals surface area (Å²) in [5.41, 5.74) is -0.477. The van der Waals surface area contributed by atoms with Crippen molar-refractivity contribution < 1.29 is 14.3 Å². The molecule has 3 rings (SSSR count). The second-order valence-electron chi connectivity index (χ2n) is 6.01. The summed E-state index contributed by atoms with van der Waals surface area (Å²) in [7, 11) is 0. The number of hydrogen-bond donors (Lipinski definition) is 2. The van der Waals surface area contributed by atoms with Crippen molar-refractivity contribution in [3.63, 3.8) is 0 Å². The van der Waals surface area contributed by atoms with E-state index in [-0.39, 0.29) is 10.8 Å². The molecule has 1 aromatic heterocycles. The lowest BCUT2D eigenvalue weighted by Gasteiger charge is -2.14. The summed E-state index contributed by atoms with van der Waals surface area (Å²) in [6.45, 7) is 0.896. The first-order valence-electron chi connectivity index (χ1n) is 8.33. The van der Waals surface area contributed by atoms with Crippen LogP contribution in [0.25, 0.3) is 10.8 Å². The van der Waals surface area contributed by atoms with Gasteiger partial charge in [-0.15, -0.1) is 0 Å². The molecule has 3 aromatic rings. The summed E-state index contributed by atoms with van der Waals surface area (Å²) in [6, 6.07) is 13.2. The van der Waals surface area contributed by atoms with Gasteiger partial charge in [-0.05, 0) is 43.3 Å². The topological polar surface area (TPSA) is 110 Å². The van der Waals surface area contributed by atoms with E-state index in [4.69, 9.17) is 4.74 Å². The Kier molecular flexibility index (Phi) is 5.74. The molecule has 0 aliphatic heterocycles. The molecule has 1 heterocycles. The van der Waals surface area contributed by atoms with Crippen molar-refractivity contribution in [3.05, 3.63) is 73.7 Å². The number of amides is 1. The predicted octanol–water partition coefficient (Wildman–Crippen LogP) is 2.02. The van der Waals surface area contributed by atoms with Crippen molar-refractivity contribution in [2.45, 2.75) is 19.6 Å². The number of rotatable bonds is 5. The molecule has 1 amide bonds. The summed E-state index contributed by atoms with van der Waals surface area (Å²) in [4.78, 5) is 48.8. The minimum absolute atomic E-state index is 0.195. The summed E-state index contributed by atoms with van der Waals surface area (Å²) in [5, 5.41) is 5.39. The smallest absolute Gasteiger partial charge is 0.328 e. The number of ether oxygens (including phenoxy) is 1. The Morgan fingerprint density at radius 2 is 1.75 bits per heavy atom. The van der Waals surface area contributed by atoms with Crippen LogP contribution in [0.15, 0.2) is 62.6 Å². The van der Waals surface area contributed by atoms with Gasteiger partial charge in [-0.2, -0.15) is 0 Å². The molecule has 0 saturated carbocycles. The first kappa shape index (κ1) is 19.6. The van der Waals surface area contributed by atoms with Crippen molar-refractivity contribution in [2.75, 3.05) is 5.32 Å².